The Kier molecular flexibility index (Phi) is 3.60. The topological polar surface area (TPSA) is 76.2 Å². The van der Waals surface area contributed by atoms with E-state index < -0.39 is 11.8 Å². The summed E-state index contributed by atoms with van der Waals surface area (Å²) in [5.74, 6) is -1.13. The van der Waals surface area contributed by atoms with Crippen molar-refractivity contribution in [3.63, 3.8) is 0 Å². The number of benzene rings is 2. The maximum atomic E-state index is 13.1. The number of hydrogen-bond acceptors (Lipinski definition) is 4. The Balaban J connectivity index is 1.93. The summed E-state index contributed by atoms with van der Waals surface area (Å²) < 4.78 is 18.6. The van der Waals surface area contributed by atoms with Gasteiger partial charge in [0.15, 0.2) is 0 Å². The van der Waals surface area contributed by atoms with Crippen LogP contribution in [0.5, 0.6) is 0 Å². The van der Waals surface area contributed by atoms with E-state index in [0.29, 0.717) is 11.1 Å². The molecule has 0 fully saturated rings. The van der Waals surface area contributed by atoms with E-state index >= 15 is 0 Å². The van der Waals surface area contributed by atoms with E-state index in [9.17, 15) is 9.18 Å². The van der Waals surface area contributed by atoms with E-state index in [4.69, 9.17) is 21.1 Å². The van der Waals surface area contributed by atoms with Crippen molar-refractivity contribution in [2.75, 3.05) is 0 Å². The molecule has 5 nitrogen and oxygen atoms in total. The fraction of sp³-hybridized carbons (Fsp3) is 0. The third kappa shape index (κ3) is 2.68. The van der Waals surface area contributed by atoms with E-state index in [0.717, 1.165) is 0 Å². The minimum Gasteiger partial charge on any atom is -0.478 e. The van der Waals surface area contributed by atoms with E-state index in [1.165, 1.54) is 30.3 Å². The van der Waals surface area contributed by atoms with Crippen LogP contribution in [-0.2, 0) is 0 Å². The fourth-order valence-corrected chi connectivity index (χ4v) is 2.02. The van der Waals surface area contributed by atoms with E-state index in [1.54, 1.807) is 12.1 Å². The molecule has 0 amide bonds. The summed E-state index contributed by atoms with van der Waals surface area (Å²) >= 11 is 5.71. The highest BCUT2D eigenvalue weighted by molar-refractivity contribution is 6.31. The Morgan fingerprint density at radius 3 is 2.23 bits per heavy atom. The smallest absolute Gasteiger partial charge is 0.335 e. The average Bonchev–Trinajstić information content (AvgIpc) is 3.00. The zero-order valence-corrected chi connectivity index (χ0v) is 11.7. The van der Waals surface area contributed by atoms with Crippen molar-refractivity contribution in [3.8, 4) is 22.9 Å². The molecule has 0 radical (unpaired) electrons. The van der Waals surface area contributed by atoms with E-state index in [-0.39, 0.29) is 22.4 Å². The lowest BCUT2D eigenvalue weighted by molar-refractivity contribution is 0.0697. The lowest BCUT2D eigenvalue weighted by Gasteiger charge is -1.98. The highest BCUT2D eigenvalue weighted by atomic mass is 35.5. The van der Waals surface area contributed by atoms with Gasteiger partial charge in [0.25, 0.3) is 0 Å². The van der Waals surface area contributed by atoms with E-state index in [1.807, 2.05) is 0 Å². The van der Waals surface area contributed by atoms with Crippen LogP contribution in [0, 0.1) is 5.82 Å². The Labute approximate surface area is 129 Å². The van der Waals surface area contributed by atoms with Crippen molar-refractivity contribution in [2.24, 2.45) is 0 Å². The third-order valence-electron chi connectivity index (χ3n) is 2.97. The van der Waals surface area contributed by atoms with Crippen LogP contribution in [-0.4, -0.2) is 21.3 Å². The van der Waals surface area contributed by atoms with Crippen LogP contribution >= 0.6 is 11.6 Å². The zero-order chi connectivity index (χ0) is 15.7. The summed E-state index contributed by atoms with van der Waals surface area (Å²) in [5.41, 5.74) is 1.23. The molecule has 0 bridgehead atoms. The molecule has 0 aliphatic heterocycles. The maximum absolute atomic E-state index is 13.1. The minimum absolute atomic E-state index is 0.0388. The number of nitrogens with zero attached hydrogens (tertiary/aromatic N) is 2. The second-order valence-electron chi connectivity index (χ2n) is 4.42. The Hall–Kier alpha value is -2.73. The quantitative estimate of drug-likeness (QED) is 0.792. The molecule has 1 aromatic heterocycles. The van der Waals surface area contributed by atoms with Gasteiger partial charge < -0.3 is 9.52 Å². The van der Waals surface area contributed by atoms with Crippen LogP contribution in [0.1, 0.15) is 10.4 Å². The molecule has 0 spiro atoms. The van der Waals surface area contributed by atoms with Crippen molar-refractivity contribution in [2.45, 2.75) is 0 Å². The van der Waals surface area contributed by atoms with Gasteiger partial charge in [0.05, 0.1) is 10.6 Å². The number of carboxylic acid groups (broad SMARTS) is 1. The molecule has 3 aromatic rings. The van der Waals surface area contributed by atoms with Gasteiger partial charge in [-0.1, -0.05) is 11.6 Å². The standard InChI is InChI=1S/C15H8ClFN2O3/c16-11-7-10(5-6-12(11)17)14-19-18-13(22-14)8-1-3-9(4-2-8)15(20)21/h1-7H,(H,20,21). The van der Waals surface area contributed by atoms with Gasteiger partial charge in [-0.25, -0.2) is 9.18 Å². The summed E-state index contributed by atoms with van der Waals surface area (Å²) in [6, 6.07) is 10.1. The fourth-order valence-electron chi connectivity index (χ4n) is 1.84. The van der Waals surface area contributed by atoms with Crippen molar-refractivity contribution in [1.82, 2.24) is 10.2 Å². The van der Waals surface area contributed by atoms with Gasteiger partial charge in [-0.05, 0) is 42.5 Å². The highest BCUT2D eigenvalue weighted by Gasteiger charge is 2.12. The predicted molar refractivity (Wildman–Crippen MR) is 77.1 cm³/mol. The van der Waals surface area contributed by atoms with E-state index in [2.05, 4.69) is 10.2 Å². The molecule has 2 aromatic carbocycles. The molecule has 0 saturated heterocycles. The second-order valence-corrected chi connectivity index (χ2v) is 4.83. The Morgan fingerprint density at radius 2 is 1.64 bits per heavy atom. The second kappa shape index (κ2) is 5.57. The number of rotatable bonds is 3. The lowest BCUT2D eigenvalue weighted by atomic mass is 10.1. The molecule has 0 atom stereocenters. The largest absolute Gasteiger partial charge is 0.478 e. The first-order valence-corrected chi connectivity index (χ1v) is 6.55. The van der Waals surface area contributed by atoms with Gasteiger partial charge in [-0.2, -0.15) is 0 Å². The van der Waals surface area contributed by atoms with Crippen molar-refractivity contribution in [1.29, 1.82) is 0 Å². The molecule has 0 saturated carbocycles. The van der Waals surface area contributed by atoms with Gasteiger partial charge in [-0.15, -0.1) is 10.2 Å². The predicted octanol–water partition coefficient (Wildman–Crippen LogP) is 3.89. The number of hydrogen-bond donors (Lipinski definition) is 1. The number of aromatic carboxylic acids is 1. The summed E-state index contributed by atoms with van der Waals surface area (Å²) in [6.07, 6.45) is 0. The summed E-state index contributed by atoms with van der Waals surface area (Å²) in [6.45, 7) is 0. The van der Waals surface area contributed by atoms with Crippen molar-refractivity contribution in [3.05, 3.63) is 58.9 Å². The zero-order valence-electron chi connectivity index (χ0n) is 11.0. The molecule has 0 aliphatic rings. The maximum Gasteiger partial charge on any atom is 0.335 e. The van der Waals surface area contributed by atoms with Crippen LogP contribution in [0.2, 0.25) is 5.02 Å². The minimum atomic E-state index is -1.02. The first-order valence-electron chi connectivity index (χ1n) is 6.17. The van der Waals surface area contributed by atoms with Gasteiger partial charge in [0.1, 0.15) is 5.82 Å². The molecule has 22 heavy (non-hydrogen) atoms. The number of carbonyl (C=O) groups is 1. The summed E-state index contributed by atoms with van der Waals surface area (Å²) in [7, 11) is 0. The molecular formula is C15H8ClFN2O3. The van der Waals surface area contributed by atoms with Crippen LogP contribution in [0.3, 0.4) is 0 Å². The van der Waals surface area contributed by atoms with Gasteiger partial charge in [0.2, 0.25) is 11.8 Å². The molecule has 3 rings (SSSR count). The third-order valence-corrected chi connectivity index (χ3v) is 3.26. The van der Waals surface area contributed by atoms with Crippen LogP contribution < -0.4 is 0 Å². The Bertz CT molecular complexity index is 846. The average molecular weight is 319 g/mol. The normalized spacial score (nSPS) is 10.6. The first-order chi connectivity index (χ1) is 10.5. The SMILES string of the molecule is O=C(O)c1ccc(-c2nnc(-c3ccc(F)c(Cl)c3)o2)cc1. The molecule has 1 N–H and O–H groups in total. The molecule has 1 heterocycles. The van der Waals surface area contributed by atoms with Gasteiger partial charge >= 0.3 is 5.97 Å². The summed E-state index contributed by atoms with van der Waals surface area (Å²) in [4.78, 5) is 10.8. The molecule has 7 heteroatoms. The van der Waals surface area contributed by atoms with Gasteiger partial charge in [0, 0.05) is 11.1 Å². The van der Waals surface area contributed by atoms with Crippen molar-refractivity contribution >= 4 is 17.6 Å². The highest BCUT2D eigenvalue weighted by Crippen LogP contribution is 2.27. The van der Waals surface area contributed by atoms with Crippen molar-refractivity contribution < 1.29 is 18.7 Å². The number of halogens is 2. The Morgan fingerprint density at radius 1 is 1.05 bits per heavy atom. The molecule has 0 unspecified atom stereocenters. The lowest BCUT2D eigenvalue weighted by Crippen LogP contribution is -1.94. The molecule has 0 aliphatic carbocycles. The van der Waals surface area contributed by atoms with Crippen LogP contribution in [0.4, 0.5) is 4.39 Å². The van der Waals surface area contributed by atoms with Crippen LogP contribution in [0.25, 0.3) is 22.9 Å². The molecule has 110 valence electrons. The summed E-state index contributed by atoms with van der Waals surface area (Å²) in [5, 5.41) is 16.6. The monoisotopic (exact) mass is 318 g/mol. The molecular weight excluding hydrogens is 311 g/mol. The van der Waals surface area contributed by atoms with Crippen LogP contribution in [0.15, 0.2) is 46.9 Å². The van der Waals surface area contributed by atoms with Gasteiger partial charge in [-0.3, -0.25) is 0 Å². The number of carboxylic acids is 1. The first kappa shape index (κ1) is 14.2. The number of aromatic nitrogens is 2.